The SMILES string of the molecule is CC[C@H]1CCC[C@H](O[C@H]2CC[C@H](N(C)C3CC3)[C@@H](C)O2)[C@@H](C)C(=O)C2=C[C@H]3[C@@H]4C[C@H](O[C@@H]5O[C@@H](C)[C@H](OC)[C@@H](OC)[C@H]5OC)C[C@H]4c4sc(C)nc4[C@H]3[C@@H]2CC(=O)O1. The van der Waals surface area contributed by atoms with E-state index in [-0.39, 0.29) is 96.8 Å². The van der Waals surface area contributed by atoms with Gasteiger partial charge in [0.25, 0.3) is 0 Å². The number of likely N-dealkylation sites (N-methyl/N-ethyl adjacent to an activating group) is 1. The number of nitrogens with zero attached hydrogens (tertiary/aromatic N) is 2. The van der Waals surface area contributed by atoms with Crippen molar-refractivity contribution in [1.82, 2.24) is 9.88 Å². The third-order valence-corrected chi connectivity index (χ3v) is 16.1. The first kappa shape index (κ1) is 42.9. The Balaban J connectivity index is 1.06. The molecule has 17 atom stereocenters. The Kier molecular flexibility index (Phi) is 13.2. The van der Waals surface area contributed by atoms with E-state index in [0.29, 0.717) is 18.5 Å². The highest BCUT2D eigenvalue weighted by molar-refractivity contribution is 7.11. The first-order valence-electron chi connectivity index (χ1n) is 22.3. The molecule has 4 aliphatic carbocycles. The van der Waals surface area contributed by atoms with Gasteiger partial charge in [-0.3, -0.25) is 14.5 Å². The number of carbonyl (C=O) groups excluding carboxylic acids is 2. The Labute approximate surface area is 349 Å². The summed E-state index contributed by atoms with van der Waals surface area (Å²) in [7, 11) is 7.22. The summed E-state index contributed by atoms with van der Waals surface area (Å²) in [6.45, 7) is 10.3. The number of ether oxygens (including phenoxy) is 8. The number of cyclic esters (lactones) is 1. The van der Waals surface area contributed by atoms with Gasteiger partial charge in [0.15, 0.2) is 18.4 Å². The highest BCUT2D eigenvalue weighted by Gasteiger charge is 2.57. The smallest absolute Gasteiger partial charge is 0.306 e. The molecule has 5 fully saturated rings. The fraction of sp³-hybridized carbons (Fsp3) is 0.844. The quantitative estimate of drug-likeness (QED) is 0.229. The molecule has 0 unspecified atom stereocenters. The maximum absolute atomic E-state index is 15.1. The van der Waals surface area contributed by atoms with E-state index in [1.165, 1.54) is 17.7 Å². The van der Waals surface area contributed by atoms with Crippen LogP contribution in [0.3, 0.4) is 0 Å². The lowest BCUT2D eigenvalue weighted by molar-refractivity contribution is -0.314. The predicted molar refractivity (Wildman–Crippen MR) is 218 cm³/mol. The predicted octanol–water partition coefficient (Wildman–Crippen LogP) is 6.86. The second-order valence-electron chi connectivity index (χ2n) is 18.4. The number of hydrogen-bond donors (Lipinski definition) is 0. The molecule has 0 bridgehead atoms. The highest BCUT2D eigenvalue weighted by Crippen LogP contribution is 2.62. The zero-order valence-electron chi connectivity index (χ0n) is 36.1. The molecule has 3 aliphatic heterocycles. The summed E-state index contributed by atoms with van der Waals surface area (Å²) < 4.78 is 50.4. The number of allylic oxidation sites excluding steroid dienone is 2. The van der Waals surface area contributed by atoms with Gasteiger partial charge in [0.2, 0.25) is 0 Å². The van der Waals surface area contributed by atoms with Crippen molar-refractivity contribution < 1.29 is 47.5 Å². The fourth-order valence-electron chi connectivity index (χ4n) is 11.8. The maximum atomic E-state index is 15.1. The average Bonchev–Trinajstić information content (AvgIpc) is 3.70. The molecule has 0 amide bonds. The highest BCUT2D eigenvalue weighted by atomic mass is 32.1. The number of rotatable bonds is 10. The topological polar surface area (TPSA) is 124 Å². The molecular weight excluding hydrogens is 761 g/mol. The maximum Gasteiger partial charge on any atom is 0.306 e. The van der Waals surface area contributed by atoms with E-state index < -0.39 is 18.3 Å². The standard InChI is InChI=1S/C45H68N2O10S/c1-10-27-12-11-13-35(57-37-17-16-34(23(3)53-37)47(6)26-14-15-26)22(2)40(49)32-20-30-29-18-28(56-45-43(52-9)42(51-8)41(50-7)24(4)54-45)19-33(29)44-39(46-25(5)58-44)38(30)31(32)21-36(48)55-27/h20,22-24,26-31,33-35,37-38,41-43,45H,10-19,21H2,1-9H3/t22-,23-,24+,27+,28+,29+,30+,31-,33-,34+,35+,37+,38-,41+,42-,43-,45+/m1/s1. The van der Waals surface area contributed by atoms with E-state index in [1.54, 1.807) is 32.7 Å². The molecule has 12 nitrogen and oxygen atoms in total. The summed E-state index contributed by atoms with van der Waals surface area (Å²) in [4.78, 5) is 37.9. The molecule has 324 valence electrons. The van der Waals surface area contributed by atoms with Crippen molar-refractivity contribution in [3.63, 3.8) is 0 Å². The number of thiazole rings is 1. The minimum atomic E-state index is -0.626. The lowest BCUT2D eigenvalue weighted by Gasteiger charge is -2.44. The number of hydrogen-bond acceptors (Lipinski definition) is 13. The zero-order chi connectivity index (χ0) is 41.0. The van der Waals surface area contributed by atoms with Gasteiger partial charge in [0.1, 0.15) is 24.4 Å². The van der Waals surface area contributed by atoms with Crippen LogP contribution in [0.4, 0.5) is 0 Å². The minimum absolute atomic E-state index is 0.0277. The van der Waals surface area contributed by atoms with Gasteiger partial charge in [0, 0.05) is 62.0 Å². The number of esters is 1. The van der Waals surface area contributed by atoms with Gasteiger partial charge in [-0.15, -0.1) is 11.3 Å². The fourth-order valence-corrected chi connectivity index (χ4v) is 13.0. The van der Waals surface area contributed by atoms with Crippen LogP contribution in [-0.4, -0.2) is 124 Å². The molecular formula is C45H68N2O10S. The summed E-state index contributed by atoms with van der Waals surface area (Å²) >= 11 is 1.75. The Morgan fingerprint density at radius 1 is 0.879 bits per heavy atom. The molecule has 0 N–H and O–H groups in total. The molecule has 0 aromatic carbocycles. The summed E-state index contributed by atoms with van der Waals surface area (Å²) in [5.74, 6) is -0.534. The van der Waals surface area contributed by atoms with Crippen LogP contribution < -0.4 is 0 Å². The number of ketones is 1. The van der Waals surface area contributed by atoms with Crippen molar-refractivity contribution in [2.75, 3.05) is 28.4 Å². The minimum Gasteiger partial charge on any atom is -0.462 e. The first-order chi connectivity index (χ1) is 27.9. The number of aromatic nitrogens is 1. The molecule has 0 spiro atoms. The van der Waals surface area contributed by atoms with Crippen LogP contribution in [0.2, 0.25) is 0 Å². The Bertz CT molecular complexity index is 1650. The molecule has 2 saturated carbocycles. The van der Waals surface area contributed by atoms with E-state index in [2.05, 4.69) is 38.8 Å². The second kappa shape index (κ2) is 17.9. The summed E-state index contributed by atoms with van der Waals surface area (Å²) in [6.07, 6.45) is 8.45. The van der Waals surface area contributed by atoms with Crippen molar-refractivity contribution in [2.45, 2.75) is 191 Å². The first-order valence-corrected chi connectivity index (χ1v) is 23.1. The molecule has 8 rings (SSSR count). The molecule has 58 heavy (non-hydrogen) atoms. The number of aryl methyl sites for hydroxylation is 1. The van der Waals surface area contributed by atoms with Gasteiger partial charge in [-0.25, -0.2) is 4.98 Å². The van der Waals surface area contributed by atoms with Crippen molar-refractivity contribution >= 4 is 23.1 Å². The van der Waals surface area contributed by atoms with E-state index in [4.69, 9.17) is 42.9 Å². The largest absolute Gasteiger partial charge is 0.462 e. The summed E-state index contributed by atoms with van der Waals surface area (Å²) in [5, 5.41) is 1.00. The van der Waals surface area contributed by atoms with Crippen LogP contribution in [0.1, 0.15) is 126 Å². The Morgan fingerprint density at radius 3 is 2.33 bits per heavy atom. The Hall–Kier alpha value is -1.81. The normalized spacial score (nSPS) is 43.4. The monoisotopic (exact) mass is 828 g/mol. The third kappa shape index (κ3) is 8.27. The molecule has 1 aromatic rings. The number of methoxy groups -OCH3 is 3. The molecule has 13 heteroatoms. The van der Waals surface area contributed by atoms with Gasteiger partial charge < -0.3 is 37.9 Å². The van der Waals surface area contributed by atoms with E-state index >= 15 is 4.79 Å². The lowest BCUT2D eigenvalue weighted by Crippen LogP contribution is -2.59. The van der Waals surface area contributed by atoms with E-state index in [9.17, 15) is 4.79 Å². The van der Waals surface area contributed by atoms with E-state index in [1.807, 2.05) is 13.8 Å². The van der Waals surface area contributed by atoms with Gasteiger partial charge in [0.05, 0.1) is 41.5 Å². The molecule has 3 saturated heterocycles. The van der Waals surface area contributed by atoms with Gasteiger partial charge in [-0.2, -0.15) is 0 Å². The zero-order valence-corrected chi connectivity index (χ0v) is 36.9. The van der Waals surface area contributed by atoms with E-state index in [0.717, 1.165) is 61.2 Å². The second-order valence-corrected chi connectivity index (χ2v) is 19.7. The van der Waals surface area contributed by atoms with Gasteiger partial charge in [-0.05, 0) is 109 Å². The third-order valence-electron chi connectivity index (χ3n) is 15.0. The summed E-state index contributed by atoms with van der Waals surface area (Å²) in [5.41, 5.74) is 1.78. The van der Waals surface area contributed by atoms with Crippen LogP contribution in [0.15, 0.2) is 11.6 Å². The van der Waals surface area contributed by atoms with Crippen LogP contribution in [0, 0.1) is 30.6 Å². The molecule has 7 aliphatic rings. The van der Waals surface area contributed by atoms with Crippen molar-refractivity contribution in [1.29, 1.82) is 0 Å². The summed E-state index contributed by atoms with van der Waals surface area (Å²) in [6, 6.07) is 1.05. The van der Waals surface area contributed by atoms with Crippen molar-refractivity contribution in [3.8, 4) is 0 Å². The van der Waals surface area contributed by atoms with Gasteiger partial charge >= 0.3 is 5.97 Å². The van der Waals surface area contributed by atoms with Crippen LogP contribution in [0.25, 0.3) is 0 Å². The van der Waals surface area contributed by atoms with Crippen LogP contribution in [0.5, 0.6) is 0 Å². The van der Waals surface area contributed by atoms with Crippen molar-refractivity contribution in [3.05, 3.63) is 27.2 Å². The van der Waals surface area contributed by atoms with Crippen LogP contribution >= 0.6 is 11.3 Å². The molecule has 4 heterocycles. The number of fused-ring (bicyclic) bond motifs is 8. The number of carbonyl (C=O) groups is 2. The lowest BCUT2D eigenvalue weighted by atomic mass is 9.67. The number of Topliss-reactive ketones (excluding diaryl/α,β-unsaturated/α-hetero) is 1. The van der Waals surface area contributed by atoms with Crippen LogP contribution in [-0.2, 0) is 47.5 Å². The average molecular weight is 829 g/mol. The Morgan fingerprint density at radius 2 is 1.64 bits per heavy atom. The molecule has 0 radical (unpaired) electrons. The van der Waals surface area contributed by atoms with Crippen molar-refractivity contribution in [2.24, 2.45) is 23.7 Å². The van der Waals surface area contributed by atoms with Gasteiger partial charge in [-0.1, -0.05) is 19.9 Å². The molecule has 1 aromatic heterocycles.